The zero-order valence-electron chi connectivity index (χ0n) is 11.6. The molecule has 1 atom stereocenters. The molecule has 2 aromatic rings. The van der Waals surface area contributed by atoms with Crippen molar-refractivity contribution in [3.05, 3.63) is 84.2 Å². The van der Waals surface area contributed by atoms with Gasteiger partial charge >= 0.3 is 0 Å². The fourth-order valence-corrected chi connectivity index (χ4v) is 1.95. The molecule has 0 radical (unpaired) electrons. The van der Waals surface area contributed by atoms with Crippen LogP contribution in [0.5, 0.6) is 0 Å². The third-order valence-electron chi connectivity index (χ3n) is 3.07. The second-order valence-corrected chi connectivity index (χ2v) is 4.59. The number of hydrogen-bond acceptors (Lipinski definition) is 2. The van der Waals surface area contributed by atoms with Gasteiger partial charge in [0.05, 0.1) is 6.04 Å². The normalized spacial score (nSPS) is 11.7. The van der Waals surface area contributed by atoms with Gasteiger partial charge in [-0.3, -0.25) is 10.2 Å². The van der Waals surface area contributed by atoms with E-state index in [4.69, 9.17) is 0 Å². The van der Waals surface area contributed by atoms with Gasteiger partial charge in [-0.2, -0.15) is 0 Å². The molecule has 0 heterocycles. The van der Waals surface area contributed by atoms with Crippen LogP contribution in [0.1, 0.15) is 28.4 Å². The van der Waals surface area contributed by atoms with Gasteiger partial charge in [0.15, 0.2) is 0 Å². The average molecular weight is 284 g/mol. The predicted octanol–water partition coefficient (Wildman–Crippen LogP) is 3.38. The summed E-state index contributed by atoms with van der Waals surface area (Å²) in [6.45, 7) is 3.70. The van der Waals surface area contributed by atoms with Gasteiger partial charge in [0, 0.05) is 5.56 Å². The lowest BCUT2D eigenvalue weighted by atomic mass is 10.0. The van der Waals surface area contributed by atoms with Gasteiger partial charge < -0.3 is 0 Å². The third-order valence-corrected chi connectivity index (χ3v) is 3.07. The molecule has 4 heteroatoms. The van der Waals surface area contributed by atoms with Crippen molar-refractivity contribution in [2.45, 2.75) is 12.5 Å². The first kappa shape index (κ1) is 14.9. The minimum Gasteiger partial charge on any atom is -0.287 e. The summed E-state index contributed by atoms with van der Waals surface area (Å²) in [5.41, 5.74) is 7.08. The van der Waals surface area contributed by atoms with Crippen LogP contribution in [-0.2, 0) is 0 Å². The average Bonchev–Trinajstić information content (AvgIpc) is 2.53. The van der Waals surface area contributed by atoms with Crippen LogP contribution in [0, 0.1) is 5.82 Å². The molecule has 2 N–H and O–H groups in total. The van der Waals surface area contributed by atoms with Crippen molar-refractivity contribution in [1.29, 1.82) is 0 Å². The SMILES string of the molecule is C=CC[C@@H](NNC(=O)c1ccccc1)c1ccc(F)cc1. The molecule has 21 heavy (non-hydrogen) atoms. The summed E-state index contributed by atoms with van der Waals surface area (Å²) >= 11 is 0. The van der Waals surface area contributed by atoms with E-state index < -0.39 is 0 Å². The first-order valence-electron chi connectivity index (χ1n) is 6.68. The quantitative estimate of drug-likeness (QED) is 0.630. The fourth-order valence-electron chi connectivity index (χ4n) is 1.95. The second-order valence-electron chi connectivity index (χ2n) is 4.59. The molecule has 0 aliphatic rings. The van der Waals surface area contributed by atoms with Gasteiger partial charge in [-0.25, -0.2) is 9.82 Å². The van der Waals surface area contributed by atoms with Gasteiger partial charge in [0.25, 0.3) is 5.91 Å². The highest BCUT2D eigenvalue weighted by Crippen LogP contribution is 2.17. The molecule has 1 amide bonds. The maximum absolute atomic E-state index is 13.0. The Morgan fingerprint density at radius 1 is 1.14 bits per heavy atom. The van der Waals surface area contributed by atoms with Crippen molar-refractivity contribution < 1.29 is 9.18 Å². The van der Waals surface area contributed by atoms with Crippen molar-refractivity contribution in [3.8, 4) is 0 Å². The fraction of sp³-hybridized carbons (Fsp3) is 0.118. The maximum Gasteiger partial charge on any atom is 0.265 e. The number of nitrogens with one attached hydrogen (secondary N) is 2. The molecule has 0 bridgehead atoms. The molecule has 0 fully saturated rings. The van der Waals surface area contributed by atoms with Crippen molar-refractivity contribution in [2.24, 2.45) is 0 Å². The molecule has 0 aliphatic carbocycles. The minimum absolute atomic E-state index is 0.157. The van der Waals surface area contributed by atoms with Crippen molar-refractivity contribution in [3.63, 3.8) is 0 Å². The van der Waals surface area contributed by atoms with Crippen LogP contribution in [0.4, 0.5) is 4.39 Å². The summed E-state index contributed by atoms with van der Waals surface area (Å²) in [7, 11) is 0. The highest BCUT2D eigenvalue weighted by atomic mass is 19.1. The molecular weight excluding hydrogens is 267 g/mol. The summed E-state index contributed by atoms with van der Waals surface area (Å²) in [6.07, 6.45) is 2.36. The molecule has 108 valence electrons. The van der Waals surface area contributed by atoms with Crippen LogP contribution >= 0.6 is 0 Å². The number of carbonyl (C=O) groups is 1. The first-order chi connectivity index (χ1) is 10.2. The monoisotopic (exact) mass is 284 g/mol. The molecule has 0 unspecified atom stereocenters. The molecule has 0 spiro atoms. The third kappa shape index (κ3) is 4.26. The molecule has 0 saturated carbocycles. The number of halogens is 1. The molecule has 0 aliphatic heterocycles. The number of amides is 1. The highest BCUT2D eigenvalue weighted by molar-refractivity contribution is 5.93. The topological polar surface area (TPSA) is 41.1 Å². The van der Waals surface area contributed by atoms with Gasteiger partial charge in [-0.1, -0.05) is 36.4 Å². The van der Waals surface area contributed by atoms with Crippen molar-refractivity contribution >= 4 is 5.91 Å². The lowest BCUT2D eigenvalue weighted by Gasteiger charge is -2.18. The van der Waals surface area contributed by atoms with Crippen LogP contribution in [0.25, 0.3) is 0 Å². The molecular formula is C17H17FN2O. The number of hydrazine groups is 1. The van der Waals surface area contributed by atoms with E-state index in [1.54, 1.807) is 42.5 Å². The number of carbonyl (C=O) groups excluding carboxylic acids is 1. The summed E-state index contributed by atoms with van der Waals surface area (Å²) < 4.78 is 13.0. The van der Waals surface area contributed by atoms with E-state index in [0.717, 1.165) is 5.56 Å². The van der Waals surface area contributed by atoms with Gasteiger partial charge in [0.1, 0.15) is 5.82 Å². The van der Waals surface area contributed by atoms with E-state index in [1.165, 1.54) is 12.1 Å². The maximum atomic E-state index is 13.0. The lowest BCUT2D eigenvalue weighted by Crippen LogP contribution is -2.39. The van der Waals surface area contributed by atoms with E-state index in [0.29, 0.717) is 12.0 Å². The Morgan fingerprint density at radius 3 is 2.43 bits per heavy atom. The Labute approximate surface area is 123 Å². The zero-order chi connectivity index (χ0) is 15.1. The van der Waals surface area contributed by atoms with E-state index in [-0.39, 0.29) is 17.8 Å². The van der Waals surface area contributed by atoms with E-state index in [9.17, 15) is 9.18 Å². The molecule has 0 aromatic heterocycles. The first-order valence-corrected chi connectivity index (χ1v) is 6.68. The van der Waals surface area contributed by atoms with Crippen LogP contribution < -0.4 is 10.9 Å². The number of rotatable bonds is 6. The van der Waals surface area contributed by atoms with Crippen molar-refractivity contribution in [1.82, 2.24) is 10.9 Å². The second kappa shape index (κ2) is 7.36. The van der Waals surface area contributed by atoms with Crippen molar-refractivity contribution in [2.75, 3.05) is 0 Å². The smallest absolute Gasteiger partial charge is 0.265 e. The summed E-state index contributed by atoms with van der Waals surface area (Å²) in [6, 6.07) is 14.9. The minimum atomic E-state index is -0.288. The largest absolute Gasteiger partial charge is 0.287 e. The van der Waals surface area contributed by atoms with E-state index in [1.807, 2.05) is 6.07 Å². The van der Waals surface area contributed by atoms with Crippen LogP contribution in [0.2, 0.25) is 0 Å². The summed E-state index contributed by atoms with van der Waals surface area (Å²) in [5.74, 6) is -0.504. The van der Waals surface area contributed by atoms with Crippen LogP contribution in [0.3, 0.4) is 0 Å². The van der Waals surface area contributed by atoms with E-state index in [2.05, 4.69) is 17.4 Å². The Bertz CT molecular complexity index is 596. The number of hydrogen-bond donors (Lipinski definition) is 2. The van der Waals surface area contributed by atoms with E-state index >= 15 is 0 Å². The molecule has 2 aromatic carbocycles. The Balaban J connectivity index is 2.02. The molecule has 0 saturated heterocycles. The van der Waals surface area contributed by atoms with Gasteiger partial charge in [-0.05, 0) is 36.2 Å². The van der Waals surface area contributed by atoms with Crippen LogP contribution in [-0.4, -0.2) is 5.91 Å². The van der Waals surface area contributed by atoms with Crippen LogP contribution in [0.15, 0.2) is 67.3 Å². The Morgan fingerprint density at radius 2 is 1.81 bits per heavy atom. The predicted molar refractivity (Wildman–Crippen MR) is 81.0 cm³/mol. The number of benzene rings is 2. The lowest BCUT2D eigenvalue weighted by molar-refractivity contribution is 0.0925. The zero-order valence-corrected chi connectivity index (χ0v) is 11.6. The molecule has 2 rings (SSSR count). The Hall–Kier alpha value is -2.46. The highest BCUT2D eigenvalue weighted by Gasteiger charge is 2.11. The Kier molecular flexibility index (Phi) is 5.23. The summed E-state index contributed by atoms with van der Waals surface area (Å²) in [4.78, 5) is 12.0. The van der Waals surface area contributed by atoms with Gasteiger partial charge in [-0.15, -0.1) is 6.58 Å². The molecule has 3 nitrogen and oxygen atoms in total. The van der Waals surface area contributed by atoms with Gasteiger partial charge in [0.2, 0.25) is 0 Å². The standard InChI is InChI=1S/C17H17FN2O/c1-2-6-16(13-9-11-15(18)12-10-13)19-20-17(21)14-7-4-3-5-8-14/h2-5,7-12,16,19H,1,6H2,(H,20,21)/t16-/m1/s1. The summed E-state index contributed by atoms with van der Waals surface area (Å²) in [5, 5.41) is 0.